The second-order valence-corrected chi connectivity index (χ2v) is 6.79. The number of aryl methyl sites for hydroxylation is 1. The van der Waals surface area contributed by atoms with Gasteiger partial charge in [-0.1, -0.05) is 6.07 Å². The Morgan fingerprint density at radius 3 is 2.86 bits per heavy atom. The number of anilines is 1. The van der Waals surface area contributed by atoms with Gasteiger partial charge in [-0.15, -0.1) is 21.5 Å². The van der Waals surface area contributed by atoms with Crippen molar-refractivity contribution in [2.24, 2.45) is 0 Å². The lowest BCUT2D eigenvalue weighted by Gasteiger charge is -2.08. The van der Waals surface area contributed by atoms with Crippen LogP contribution in [0, 0.1) is 6.92 Å². The summed E-state index contributed by atoms with van der Waals surface area (Å²) in [6, 6.07) is 9.23. The topological polar surface area (TPSA) is 68.0 Å². The first-order valence-corrected chi connectivity index (χ1v) is 7.68. The van der Waals surface area contributed by atoms with Crippen LogP contribution >= 0.6 is 27.3 Å². The molecule has 0 spiro atoms. The average Bonchev–Trinajstić information content (AvgIpc) is 3.12. The minimum atomic E-state index is -0.142. The monoisotopic (exact) mass is 363 g/mol. The van der Waals surface area contributed by atoms with Crippen molar-refractivity contribution in [2.45, 2.75) is 6.92 Å². The van der Waals surface area contributed by atoms with Crippen LogP contribution in [0.1, 0.15) is 15.2 Å². The van der Waals surface area contributed by atoms with Crippen molar-refractivity contribution in [3.63, 3.8) is 0 Å². The van der Waals surface area contributed by atoms with Gasteiger partial charge in [0.25, 0.3) is 5.91 Å². The Kier molecular flexibility index (Phi) is 3.85. The van der Waals surface area contributed by atoms with Gasteiger partial charge < -0.3 is 9.73 Å². The van der Waals surface area contributed by atoms with E-state index in [4.69, 9.17) is 4.42 Å². The van der Waals surface area contributed by atoms with E-state index in [9.17, 15) is 4.79 Å². The zero-order chi connectivity index (χ0) is 14.8. The summed E-state index contributed by atoms with van der Waals surface area (Å²) >= 11 is 4.74. The highest BCUT2D eigenvalue weighted by Gasteiger charge is 2.12. The van der Waals surface area contributed by atoms with Gasteiger partial charge >= 0.3 is 0 Å². The van der Waals surface area contributed by atoms with E-state index >= 15 is 0 Å². The molecule has 0 saturated carbocycles. The smallest absolute Gasteiger partial charge is 0.265 e. The number of thiophene rings is 1. The molecule has 3 rings (SSSR count). The predicted octanol–water partition coefficient (Wildman–Crippen LogP) is 4.12. The highest BCUT2D eigenvalue weighted by atomic mass is 79.9. The van der Waals surface area contributed by atoms with Crippen LogP contribution in [0.2, 0.25) is 0 Å². The number of amides is 1. The third kappa shape index (κ3) is 3.03. The molecule has 106 valence electrons. The van der Waals surface area contributed by atoms with Gasteiger partial charge in [0.1, 0.15) is 0 Å². The first kappa shape index (κ1) is 14.0. The first-order valence-electron chi connectivity index (χ1n) is 6.07. The van der Waals surface area contributed by atoms with Crippen molar-refractivity contribution >= 4 is 38.9 Å². The van der Waals surface area contributed by atoms with Crippen LogP contribution in [0.3, 0.4) is 0 Å². The quantitative estimate of drug-likeness (QED) is 0.759. The number of carbonyl (C=O) groups excluding carboxylic acids is 1. The molecule has 0 bridgehead atoms. The number of halogens is 1. The zero-order valence-electron chi connectivity index (χ0n) is 11.0. The molecule has 1 amide bonds. The molecule has 0 radical (unpaired) electrons. The maximum atomic E-state index is 12.2. The molecule has 1 aromatic carbocycles. The zero-order valence-corrected chi connectivity index (χ0v) is 13.4. The molecule has 21 heavy (non-hydrogen) atoms. The summed E-state index contributed by atoms with van der Waals surface area (Å²) in [6.07, 6.45) is 1.27. The highest BCUT2D eigenvalue weighted by Crippen LogP contribution is 2.26. The summed E-state index contributed by atoms with van der Waals surface area (Å²) < 4.78 is 6.09. The maximum Gasteiger partial charge on any atom is 0.265 e. The van der Waals surface area contributed by atoms with Crippen LogP contribution in [0.4, 0.5) is 5.69 Å². The van der Waals surface area contributed by atoms with Crippen molar-refractivity contribution in [2.75, 3.05) is 5.32 Å². The summed E-state index contributed by atoms with van der Waals surface area (Å²) in [5.41, 5.74) is 2.45. The molecule has 7 heteroatoms. The van der Waals surface area contributed by atoms with Crippen molar-refractivity contribution in [1.29, 1.82) is 0 Å². The lowest BCUT2D eigenvalue weighted by atomic mass is 10.1. The second kappa shape index (κ2) is 5.79. The fourth-order valence-corrected chi connectivity index (χ4v) is 3.09. The molecule has 0 unspecified atom stereocenters. The van der Waals surface area contributed by atoms with E-state index in [1.807, 2.05) is 31.2 Å². The van der Waals surface area contributed by atoms with Gasteiger partial charge in [0.05, 0.1) is 8.66 Å². The molecule has 0 aliphatic rings. The molecule has 1 N–H and O–H groups in total. The van der Waals surface area contributed by atoms with E-state index in [2.05, 4.69) is 31.4 Å². The summed E-state index contributed by atoms with van der Waals surface area (Å²) in [5, 5.41) is 10.4. The first-order chi connectivity index (χ1) is 10.1. The Labute approximate surface area is 133 Å². The standard InChI is InChI=1S/C14H10BrN3O2S/c1-8-2-3-9(14-18-16-7-20-14)6-10(8)17-13(19)11-4-5-12(15)21-11/h2-7H,1H3,(H,17,19). The lowest BCUT2D eigenvalue weighted by molar-refractivity contribution is 0.103. The van der Waals surface area contributed by atoms with Crippen LogP contribution in [0.5, 0.6) is 0 Å². The van der Waals surface area contributed by atoms with Crippen LogP contribution in [-0.4, -0.2) is 16.1 Å². The number of aromatic nitrogens is 2. The molecule has 0 aliphatic heterocycles. The molecule has 0 fully saturated rings. The predicted molar refractivity (Wildman–Crippen MR) is 84.4 cm³/mol. The van der Waals surface area contributed by atoms with E-state index in [1.54, 1.807) is 6.07 Å². The summed E-state index contributed by atoms with van der Waals surface area (Å²) in [7, 11) is 0. The van der Waals surface area contributed by atoms with Gasteiger partial charge in [-0.05, 0) is 52.7 Å². The Balaban J connectivity index is 1.88. The summed E-state index contributed by atoms with van der Waals surface area (Å²) in [4.78, 5) is 12.8. The number of hydrogen-bond acceptors (Lipinski definition) is 5. The van der Waals surface area contributed by atoms with Gasteiger partial charge in [-0.2, -0.15) is 0 Å². The molecule has 0 aliphatic carbocycles. The van der Waals surface area contributed by atoms with Gasteiger partial charge in [0.15, 0.2) is 0 Å². The van der Waals surface area contributed by atoms with Gasteiger partial charge in [0.2, 0.25) is 12.3 Å². The largest absolute Gasteiger partial charge is 0.423 e. The molecule has 0 atom stereocenters. The normalized spacial score (nSPS) is 10.6. The Bertz CT molecular complexity index is 783. The fraction of sp³-hybridized carbons (Fsp3) is 0.0714. The summed E-state index contributed by atoms with van der Waals surface area (Å²) in [6.45, 7) is 1.93. The van der Waals surface area contributed by atoms with E-state index in [0.717, 1.165) is 20.6 Å². The lowest BCUT2D eigenvalue weighted by Crippen LogP contribution is -2.11. The Hall–Kier alpha value is -1.99. The highest BCUT2D eigenvalue weighted by molar-refractivity contribution is 9.11. The number of rotatable bonds is 3. The minimum Gasteiger partial charge on any atom is -0.423 e. The molecular formula is C14H10BrN3O2S. The van der Waals surface area contributed by atoms with E-state index in [0.29, 0.717) is 10.8 Å². The molecule has 3 aromatic rings. The number of hydrogen-bond donors (Lipinski definition) is 1. The molecular weight excluding hydrogens is 354 g/mol. The molecule has 2 heterocycles. The third-order valence-electron chi connectivity index (χ3n) is 2.89. The van der Waals surface area contributed by atoms with Gasteiger partial charge in [-0.25, -0.2) is 0 Å². The van der Waals surface area contributed by atoms with Crippen LogP contribution in [0.25, 0.3) is 11.5 Å². The number of carbonyl (C=O) groups is 1. The van der Waals surface area contributed by atoms with Gasteiger partial charge in [-0.3, -0.25) is 4.79 Å². The molecule has 0 saturated heterocycles. The van der Waals surface area contributed by atoms with Crippen LogP contribution in [0.15, 0.2) is 44.9 Å². The van der Waals surface area contributed by atoms with Crippen molar-refractivity contribution in [1.82, 2.24) is 10.2 Å². The van der Waals surface area contributed by atoms with Crippen LogP contribution < -0.4 is 5.32 Å². The van der Waals surface area contributed by atoms with Crippen molar-refractivity contribution in [3.8, 4) is 11.5 Å². The number of benzene rings is 1. The fourth-order valence-electron chi connectivity index (χ4n) is 1.81. The minimum absolute atomic E-state index is 0.142. The van der Waals surface area contributed by atoms with Crippen LogP contribution in [-0.2, 0) is 0 Å². The van der Waals surface area contributed by atoms with Crippen molar-refractivity contribution < 1.29 is 9.21 Å². The Morgan fingerprint density at radius 1 is 1.33 bits per heavy atom. The van der Waals surface area contributed by atoms with E-state index < -0.39 is 0 Å². The van der Waals surface area contributed by atoms with Gasteiger partial charge in [0, 0.05) is 11.3 Å². The van der Waals surface area contributed by atoms with Crippen molar-refractivity contribution in [3.05, 3.63) is 51.0 Å². The van der Waals surface area contributed by atoms with E-state index in [-0.39, 0.29) is 5.91 Å². The SMILES string of the molecule is Cc1ccc(-c2nnco2)cc1NC(=O)c1ccc(Br)s1. The van der Waals surface area contributed by atoms with E-state index in [1.165, 1.54) is 17.7 Å². The summed E-state index contributed by atoms with van der Waals surface area (Å²) in [5.74, 6) is 0.279. The maximum absolute atomic E-state index is 12.2. The number of nitrogens with one attached hydrogen (secondary N) is 1. The number of nitrogens with zero attached hydrogens (tertiary/aromatic N) is 2. The molecule has 5 nitrogen and oxygen atoms in total. The molecule has 2 aromatic heterocycles. The average molecular weight is 364 g/mol. The second-order valence-electron chi connectivity index (χ2n) is 4.33. The Morgan fingerprint density at radius 2 is 2.19 bits per heavy atom. The third-order valence-corrected chi connectivity index (χ3v) is 4.51.